The highest BCUT2D eigenvalue weighted by Gasteiger charge is 2.56. The molecule has 8 nitrogen and oxygen atoms in total. The van der Waals surface area contributed by atoms with Crippen LogP contribution in [0.15, 0.2) is 24.3 Å². The van der Waals surface area contributed by atoms with Crippen LogP contribution in [0, 0.1) is 23.7 Å². The van der Waals surface area contributed by atoms with Crippen LogP contribution >= 0.6 is 0 Å². The Bertz CT molecular complexity index is 981. The van der Waals surface area contributed by atoms with Gasteiger partial charge in [0, 0.05) is 17.5 Å². The standard InChI is InChI=1S/C20H22N2O6S/c1-21-20(13-29(26,27)14-20)17(19(25)28-2)22-18(24)16-10-8-15(9-11-16)7-5-3-4-6-12-23/h8-11,17,21,23H,6,12-14H2,1-2H3,(H,22,24). The highest BCUT2D eigenvalue weighted by atomic mass is 32.2. The summed E-state index contributed by atoms with van der Waals surface area (Å²) in [5.74, 6) is 8.91. The van der Waals surface area contributed by atoms with E-state index < -0.39 is 33.3 Å². The van der Waals surface area contributed by atoms with Gasteiger partial charge in [-0.2, -0.15) is 0 Å². The summed E-state index contributed by atoms with van der Waals surface area (Å²) >= 11 is 0. The third-order valence-electron chi connectivity index (χ3n) is 4.46. The van der Waals surface area contributed by atoms with Crippen molar-refractivity contribution in [3.8, 4) is 23.7 Å². The topological polar surface area (TPSA) is 122 Å². The summed E-state index contributed by atoms with van der Waals surface area (Å²) in [5.41, 5.74) is -0.189. The molecule has 154 valence electrons. The molecule has 0 spiro atoms. The number of nitrogens with one attached hydrogen (secondary N) is 2. The van der Waals surface area contributed by atoms with E-state index in [9.17, 15) is 18.0 Å². The van der Waals surface area contributed by atoms with Crippen LogP contribution in [0.25, 0.3) is 0 Å². The maximum absolute atomic E-state index is 12.6. The van der Waals surface area contributed by atoms with Crippen molar-refractivity contribution < 1.29 is 27.9 Å². The van der Waals surface area contributed by atoms with Crippen LogP contribution in [0.3, 0.4) is 0 Å². The van der Waals surface area contributed by atoms with Crippen molar-refractivity contribution in [3.05, 3.63) is 35.4 Å². The average molecular weight is 418 g/mol. The second kappa shape index (κ2) is 9.57. The Balaban J connectivity index is 2.14. The number of carbonyl (C=O) groups is 2. The SMILES string of the molecule is CNC1(C(NC(=O)c2ccc(C#CC#CCCO)cc2)C(=O)OC)CS(=O)(=O)C1. The van der Waals surface area contributed by atoms with Crippen molar-refractivity contribution >= 4 is 21.7 Å². The van der Waals surface area contributed by atoms with Crippen molar-refractivity contribution in [2.24, 2.45) is 0 Å². The van der Waals surface area contributed by atoms with Gasteiger partial charge < -0.3 is 20.5 Å². The van der Waals surface area contributed by atoms with Gasteiger partial charge in [0.2, 0.25) is 0 Å². The van der Waals surface area contributed by atoms with E-state index in [-0.39, 0.29) is 23.7 Å². The number of hydrogen-bond acceptors (Lipinski definition) is 7. The number of aliphatic hydroxyl groups excluding tert-OH is 1. The fourth-order valence-corrected chi connectivity index (χ4v) is 5.03. The molecule has 1 aliphatic rings. The fraction of sp³-hybridized carbons (Fsp3) is 0.400. The minimum absolute atomic E-state index is 0.0220. The second-order valence-corrected chi connectivity index (χ2v) is 8.54. The maximum Gasteiger partial charge on any atom is 0.330 e. The molecule has 1 unspecified atom stereocenters. The molecule has 2 rings (SSSR count). The van der Waals surface area contributed by atoms with E-state index >= 15 is 0 Å². The second-order valence-electron chi connectivity index (χ2n) is 6.47. The molecular formula is C20H22N2O6S. The third kappa shape index (κ3) is 5.58. The monoisotopic (exact) mass is 418 g/mol. The van der Waals surface area contributed by atoms with Crippen molar-refractivity contribution in [1.29, 1.82) is 0 Å². The van der Waals surface area contributed by atoms with Crippen LogP contribution in [0.2, 0.25) is 0 Å². The first-order chi connectivity index (χ1) is 13.8. The molecule has 1 aliphatic heterocycles. The Morgan fingerprint density at radius 3 is 2.41 bits per heavy atom. The predicted molar refractivity (Wildman–Crippen MR) is 107 cm³/mol. The Morgan fingerprint density at radius 1 is 1.24 bits per heavy atom. The molecule has 1 saturated heterocycles. The third-order valence-corrected chi connectivity index (χ3v) is 6.37. The molecule has 3 N–H and O–H groups in total. The molecule has 1 aromatic rings. The van der Waals surface area contributed by atoms with Crippen LogP contribution in [-0.2, 0) is 19.4 Å². The summed E-state index contributed by atoms with van der Waals surface area (Å²) in [4.78, 5) is 24.8. The molecular weight excluding hydrogens is 396 g/mol. The molecule has 29 heavy (non-hydrogen) atoms. The Kier molecular flexibility index (Phi) is 7.40. The molecule has 0 aliphatic carbocycles. The highest BCUT2D eigenvalue weighted by molar-refractivity contribution is 7.93. The zero-order valence-electron chi connectivity index (χ0n) is 16.1. The molecule has 1 atom stereocenters. The van der Waals surface area contributed by atoms with Crippen molar-refractivity contribution in [1.82, 2.24) is 10.6 Å². The Hall–Kier alpha value is -2.85. The zero-order valence-corrected chi connectivity index (χ0v) is 16.9. The van der Waals surface area contributed by atoms with E-state index in [2.05, 4.69) is 34.3 Å². The molecule has 1 fully saturated rings. The van der Waals surface area contributed by atoms with E-state index in [0.717, 1.165) is 0 Å². The van der Waals surface area contributed by atoms with Gasteiger partial charge in [0.25, 0.3) is 5.91 Å². The Labute approximate surface area is 169 Å². The van der Waals surface area contributed by atoms with Crippen LogP contribution < -0.4 is 10.6 Å². The lowest BCUT2D eigenvalue weighted by atomic mass is 9.92. The van der Waals surface area contributed by atoms with Gasteiger partial charge in [-0.3, -0.25) is 4.79 Å². The highest BCUT2D eigenvalue weighted by Crippen LogP contribution is 2.28. The lowest BCUT2D eigenvalue weighted by Gasteiger charge is -2.45. The molecule has 1 heterocycles. The average Bonchev–Trinajstić information content (AvgIpc) is 2.69. The smallest absolute Gasteiger partial charge is 0.330 e. The zero-order chi connectivity index (χ0) is 21.5. The van der Waals surface area contributed by atoms with Crippen LogP contribution in [0.5, 0.6) is 0 Å². The molecule has 0 aromatic heterocycles. The summed E-state index contributed by atoms with van der Waals surface area (Å²) in [7, 11) is -0.560. The predicted octanol–water partition coefficient (Wildman–Crippen LogP) is -0.918. The number of methoxy groups -OCH3 is 1. The van der Waals surface area contributed by atoms with Gasteiger partial charge in [0.05, 0.1) is 30.8 Å². The van der Waals surface area contributed by atoms with Crippen LogP contribution in [-0.4, -0.2) is 69.3 Å². The number of carbonyl (C=O) groups excluding carboxylic acids is 2. The number of ether oxygens (including phenoxy) is 1. The number of esters is 1. The number of sulfone groups is 1. The molecule has 1 amide bonds. The molecule has 9 heteroatoms. The number of benzene rings is 1. The van der Waals surface area contributed by atoms with E-state index in [1.54, 1.807) is 24.3 Å². The van der Waals surface area contributed by atoms with Crippen LogP contribution in [0.1, 0.15) is 22.3 Å². The quantitative estimate of drug-likeness (QED) is 0.404. The fourth-order valence-electron chi connectivity index (χ4n) is 2.92. The summed E-state index contributed by atoms with van der Waals surface area (Å²) in [6.07, 6.45) is 0.352. The largest absolute Gasteiger partial charge is 0.467 e. The van der Waals surface area contributed by atoms with Gasteiger partial charge in [-0.1, -0.05) is 11.8 Å². The number of rotatable bonds is 6. The van der Waals surface area contributed by atoms with Gasteiger partial charge in [0.1, 0.15) is 6.04 Å². The lowest BCUT2D eigenvalue weighted by Crippen LogP contribution is -2.75. The molecule has 1 aromatic carbocycles. The first-order valence-electron chi connectivity index (χ1n) is 8.75. The van der Waals surface area contributed by atoms with Gasteiger partial charge in [0.15, 0.2) is 9.84 Å². The van der Waals surface area contributed by atoms with E-state index in [1.807, 2.05) is 0 Å². The van der Waals surface area contributed by atoms with Gasteiger partial charge in [-0.15, -0.1) is 0 Å². The molecule has 0 bridgehead atoms. The number of amides is 1. The molecule has 0 radical (unpaired) electrons. The van der Waals surface area contributed by atoms with Gasteiger partial charge in [-0.05, 0) is 43.2 Å². The summed E-state index contributed by atoms with van der Waals surface area (Å²) in [6.45, 7) is -0.0220. The van der Waals surface area contributed by atoms with E-state index in [1.165, 1.54) is 14.2 Å². The van der Waals surface area contributed by atoms with Crippen LogP contribution in [0.4, 0.5) is 0 Å². The molecule has 0 saturated carbocycles. The minimum atomic E-state index is -3.27. The summed E-state index contributed by atoms with van der Waals surface area (Å²) in [6, 6.07) is 5.18. The van der Waals surface area contributed by atoms with E-state index in [4.69, 9.17) is 9.84 Å². The van der Waals surface area contributed by atoms with Crippen molar-refractivity contribution in [2.45, 2.75) is 18.0 Å². The number of likely N-dealkylation sites (N-methyl/N-ethyl adjacent to an activating group) is 1. The van der Waals surface area contributed by atoms with Crippen molar-refractivity contribution in [3.63, 3.8) is 0 Å². The summed E-state index contributed by atoms with van der Waals surface area (Å²) in [5, 5.41) is 14.1. The number of aliphatic hydroxyl groups is 1. The van der Waals surface area contributed by atoms with Gasteiger partial charge >= 0.3 is 5.97 Å². The first-order valence-corrected chi connectivity index (χ1v) is 10.6. The summed E-state index contributed by atoms with van der Waals surface area (Å²) < 4.78 is 28.1. The lowest BCUT2D eigenvalue weighted by molar-refractivity contribution is -0.144. The van der Waals surface area contributed by atoms with E-state index in [0.29, 0.717) is 12.0 Å². The minimum Gasteiger partial charge on any atom is -0.467 e. The van der Waals surface area contributed by atoms with Gasteiger partial charge in [-0.25, -0.2) is 13.2 Å². The maximum atomic E-state index is 12.6. The normalized spacial score (nSPS) is 16.7. The van der Waals surface area contributed by atoms with Crippen molar-refractivity contribution in [2.75, 3.05) is 32.3 Å². The first kappa shape index (κ1) is 22.4. The Morgan fingerprint density at radius 2 is 1.90 bits per heavy atom. The number of hydrogen-bond donors (Lipinski definition) is 3.